The number of carbonyl (C=O) groups excluding carboxylic acids is 1. The van der Waals surface area contributed by atoms with Crippen molar-refractivity contribution in [2.45, 2.75) is 45.1 Å². The monoisotopic (exact) mass is 541 g/mol. The number of unbranched alkanes of at least 4 members (excludes halogenated alkanes) is 1. The van der Waals surface area contributed by atoms with Gasteiger partial charge < -0.3 is 24.1 Å². The van der Waals surface area contributed by atoms with Gasteiger partial charge in [-0.2, -0.15) is 0 Å². The molecule has 0 aliphatic rings. The molecule has 0 aliphatic carbocycles. The number of fused-ring (bicyclic) bond motifs is 1. The summed E-state index contributed by atoms with van der Waals surface area (Å²) in [5.41, 5.74) is 4.26. The van der Waals surface area contributed by atoms with Crippen LogP contribution in [0.2, 0.25) is 0 Å². The number of ether oxygens (including phenoxy) is 3. The Labute approximate surface area is 236 Å². The van der Waals surface area contributed by atoms with Crippen LogP contribution in [0, 0.1) is 0 Å². The van der Waals surface area contributed by atoms with Gasteiger partial charge in [-0.15, -0.1) is 6.58 Å². The SMILES string of the molecule is C=CCc1ccc(OCCCCn2c(CCCNC(=O)Cc3ccc(OC)cc3)nc3ccccc32)c(OC)c1. The van der Waals surface area contributed by atoms with Crippen molar-refractivity contribution in [1.82, 2.24) is 14.9 Å². The number of nitrogens with one attached hydrogen (secondary N) is 1. The second-order valence-electron chi connectivity index (χ2n) is 9.68. The molecule has 210 valence electrons. The van der Waals surface area contributed by atoms with Gasteiger partial charge >= 0.3 is 0 Å². The zero-order valence-electron chi connectivity index (χ0n) is 23.5. The van der Waals surface area contributed by atoms with Gasteiger partial charge in [0.1, 0.15) is 11.6 Å². The molecule has 1 N–H and O–H groups in total. The van der Waals surface area contributed by atoms with Crippen molar-refractivity contribution < 1.29 is 19.0 Å². The first kappa shape index (κ1) is 28.7. The molecule has 7 heteroatoms. The highest BCUT2D eigenvalue weighted by Gasteiger charge is 2.11. The lowest BCUT2D eigenvalue weighted by Gasteiger charge is -2.13. The molecule has 0 aliphatic heterocycles. The minimum absolute atomic E-state index is 0.0191. The fourth-order valence-electron chi connectivity index (χ4n) is 4.71. The number of para-hydroxylation sites is 2. The van der Waals surface area contributed by atoms with Crippen molar-refractivity contribution >= 4 is 16.9 Å². The first-order valence-electron chi connectivity index (χ1n) is 13.9. The van der Waals surface area contributed by atoms with Gasteiger partial charge in [-0.25, -0.2) is 4.98 Å². The molecule has 1 amide bonds. The summed E-state index contributed by atoms with van der Waals surface area (Å²) in [5.74, 6) is 3.36. The van der Waals surface area contributed by atoms with Crippen LogP contribution in [0.25, 0.3) is 11.0 Å². The molecule has 0 radical (unpaired) electrons. The highest BCUT2D eigenvalue weighted by molar-refractivity contribution is 5.78. The molecule has 0 saturated carbocycles. The molecule has 0 spiro atoms. The normalized spacial score (nSPS) is 10.8. The lowest BCUT2D eigenvalue weighted by atomic mass is 10.1. The Morgan fingerprint density at radius 2 is 1.75 bits per heavy atom. The summed E-state index contributed by atoms with van der Waals surface area (Å²) < 4.78 is 19.0. The van der Waals surface area contributed by atoms with Crippen LogP contribution < -0.4 is 19.5 Å². The Bertz CT molecular complexity index is 1390. The zero-order valence-corrected chi connectivity index (χ0v) is 23.5. The zero-order chi connectivity index (χ0) is 28.2. The first-order chi connectivity index (χ1) is 19.6. The maximum Gasteiger partial charge on any atom is 0.224 e. The van der Waals surface area contributed by atoms with Crippen LogP contribution in [0.5, 0.6) is 17.2 Å². The van der Waals surface area contributed by atoms with E-state index < -0.39 is 0 Å². The molecule has 1 heterocycles. The second kappa shape index (κ2) is 14.8. The minimum atomic E-state index is 0.0191. The van der Waals surface area contributed by atoms with Crippen molar-refractivity contribution in [2.24, 2.45) is 0 Å². The quantitative estimate of drug-likeness (QED) is 0.141. The molecule has 4 aromatic rings. The number of rotatable bonds is 16. The standard InChI is InChI=1S/C33H39N3O4/c1-4-10-25-16-19-30(31(23-25)39-3)40-22-8-7-21-36-29-12-6-5-11-28(29)35-32(36)13-9-20-34-33(37)24-26-14-17-27(38-2)18-15-26/h4-6,11-12,14-19,23H,1,7-10,13,20-22,24H2,2-3H3,(H,34,37). The largest absolute Gasteiger partial charge is 0.497 e. The number of methoxy groups -OCH3 is 2. The Morgan fingerprint density at radius 3 is 2.52 bits per heavy atom. The van der Waals surface area contributed by atoms with Crippen molar-refractivity contribution in [1.29, 1.82) is 0 Å². The molecule has 0 bridgehead atoms. The van der Waals surface area contributed by atoms with E-state index in [4.69, 9.17) is 19.2 Å². The lowest BCUT2D eigenvalue weighted by Crippen LogP contribution is -2.26. The number of hydrogen-bond acceptors (Lipinski definition) is 5. The third-order valence-corrected chi connectivity index (χ3v) is 6.80. The van der Waals surface area contributed by atoms with E-state index in [2.05, 4.69) is 34.7 Å². The smallest absolute Gasteiger partial charge is 0.224 e. The third kappa shape index (κ3) is 7.88. The number of aryl methyl sites for hydroxylation is 2. The molecule has 4 rings (SSSR count). The van der Waals surface area contributed by atoms with Gasteiger partial charge in [0, 0.05) is 19.5 Å². The van der Waals surface area contributed by atoms with Crippen LogP contribution >= 0.6 is 0 Å². The fourth-order valence-corrected chi connectivity index (χ4v) is 4.71. The van der Waals surface area contributed by atoms with Gasteiger partial charge in [0.25, 0.3) is 0 Å². The molecule has 1 aromatic heterocycles. The van der Waals surface area contributed by atoms with Crippen LogP contribution in [0.4, 0.5) is 0 Å². The van der Waals surface area contributed by atoms with Gasteiger partial charge in [-0.3, -0.25) is 4.79 Å². The van der Waals surface area contributed by atoms with Crippen LogP contribution in [0.1, 0.15) is 36.2 Å². The summed E-state index contributed by atoms with van der Waals surface area (Å²) >= 11 is 0. The van der Waals surface area contributed by atoms with Crippen LogP contribution in [0.3, 0.4) is 0 Å². The number of hydrogen-bond donors (Lipinski definition) is 1. The summed E-state index contributed by atoms with van der Waals surface area (Å²) in [4.78, 5) is 17.3. The van der Waals surface area contributed by atoms with Gasteiger partial charge in [-0.1, -0.05) is 36.4 Å². The van der Waals surface area contributed by atoms with E-state index in [-0.39, 0.29) is 5.91 Å². The van der Waals surface area contributed by atoms with E-state index >= 15 is 0 Å². The molecular formula is C33H39N3O4. The summed E-state index contributed by atoms with van der Waals surface area (Å²) in [6.07, 6.45) is 6.52. The molecule has 0 saturated heterocycles. The Morgan fingerprint density at radius 1 is 0.950 bits per heavy atom. The Hall–Kier alpha value is -4.26. The Kier molecular flexibility index (Phi) is 10.6. The summed E-state index contributed by atoms with van der Waals surface area (Å²) in [6, 6.07) is 21.8. The number of aromatic nitrogens is 2. The average Bonchev–Trinajstić information content (AvgIpc) is 3.33. The van der Waals surface area contributed by atoms with E-state index in [1.807, 2.05) is 54.6 Å². The second-order valence-corrected chi connectivity index (χ2v) is 9.68. The lowest BCUT2D eigenvalue weighted by molar-refractivity contribution is -0.120. The molecule has 7 nitrogen and oxygen atoms in total. The van der Waals surface area contributed by atoms with E-state index in [1.54, 1.807) is 14.2 Å². The molecule has 0 unspecified atom stereocenters. The molecular weight excluding hydrogens is 502 g/mol. The summed E-state index contributed by atoms with van der Waals surface area (Å²) in [6.45, 7) is 5.88. The van der Waals surface area contributed by atoms with Crippen molar-refractivity contribution in [3.8, 4) is 17.2 Å². The highest BCUT2D eigenvalue weighted by atomic mass is 16.5. The van der Waals surface area contributed by atoms with Crippen LogP contribution in [-0.4, -0.2) is 42.8 Å². The number of allylic oxidation sites excluding steroid dienone is 1. The van der Waals surface area contributed by atoms with E-state index in [0.717, 1.165) is 83.9 Å². The number of imidazole rings is 1. The molecule has 0 atom stereocenters. The van der Waals surface area contributed by atoms with Crippen molar-refractivity contribution in [3.05, 3.63) is 96.3 Å². The van der Waals surface area contributed by atoms with Crippen LogP contribution in [-0.2, 0) is 30.6 Å². The van der Waals surface area contributed by atoms with Gasteiger partial charge in [0.05, 0.1) is 38.3 Å². The fraction of sp³-hybridized carbons (Fsp3) is 0.333. The molecule has 40 heavy (non-hydrogen) atoms. The highest BCUT2D eigenvalue weighted by Crippen LogP contribution is 2.28. The predicted molar refractivity (Wildman–Crippen MR) is 159 cm³/mol. The van der Waals surface area contributed by atoms with Crippen molar-refractivity contribution in [3.63, 3.8) is 0 Å². The maximum absolute atomic E-state index is 12.4. The summed E-state index contributed by atoms with van der Waals surface area (Å²) in [5, 5.41) is 3.04. The third-order valence-electron chi connectivity index (χ3n) is 6.80. The first-order valence-corrected chi connectivity index (χ1v) is 13.9. The number of amides is 1. The topological polar surface area (TPSA) is 74.6 Å². The molecule has 3 aromatic carbocycles. The van der Waals surface area contributed by atoms with Gasteiger partial charge in [0.2, 0.25) is 5.91 Å². The van der Waals surface area contributed by atoms with E-state index in [1.165, 1.54) is 0 Å². The Balaban J connectivity index is 1.26. The van der Waals surface area contributed by atoms with E-state index in [0.29, 0.717) is 19.6 Å². The molecule has 0 fully saturated rings. The van der Waals surface area contributed by atoms with Crippen LogP contribution in [0.15, 0.2) is 79.4 Å². The van der Waals surface area contributed by atoms with Crippen molar-refractivity contribution in [2.75, 3.05) is 27.4 Å². The average molecular weight is 542 g/mol. The minimum Gasteiger partial charge on any atom is -0.497 e. The van der Waals surface area contributed by atoms with Gasteiger partial charge in [-0.05, 0) is 73.2 Å². The number of benzene rings is 3. The number of nitrogens with zero attached hydrogens (tertiary/aromatic N) is 2. The van der Waals surface area contributed by atoms with E-state index in [9.17, 15) is 4.79 Å². The van der Waals surface area contributed by atoms with Gasteiger partial charge in [0.15, 0.2) is 11.5 Å². The number of carbonyl (C=O) groups is 1. The maximum atomic E-state index is 12.4. The predicted octanol–water partition coefficient (Wildman–Crippen LogP) is 5.93. The summed E-state index contributed by atoms with van der Waals surface area (Å²) in [7, 11) is 3.30.